The van der Waals surface area contributed by atoms with E-state index in [1.807, 2.05) is 0 Å². The topological polar surface area (TPSA) is 106 Å². The Hall–Kier alpha value is -3.59. The second kappa shape index (κ2) is 9.07. The van der Waals surface area contributed by atoms with E-state index in [2.05, 4.69) is 15.6 Å². The van der Waals surface area contributed by atoms with Crippen LogP contribution in [0, 0.1) is 5.82 Å². The quantitative estimate of drug-likeness (QED) is 0.593. The first kappa shape index (κ1) is 20.2. The molecule has 1 amide bonds. The fourth-order valence-corrected chi connectivity index (χ4v) is 2.68. The van der Waals surface area contributed by atoms with Crippen LogP contribution < -0.4 is 5.32 Å². The van der Waals surface area contributed by atoms with Crippen LogP contribution in [0.15, 0.2) is 54.7 Å². The summed E-state index contributed by atoms with van der Waals surface area (Å²) in [6.07, 6.45) is 0.171. The number of hydrogen-bond donors (Lipinski definition) is 2. The number of benzene rings is 2. The first-order valence-electron chi connectivity index (χ1n) is 8.89. The van der Waals surface area contributed by atoms with Crippen molar-refractivity contribution in [2.45, 2.75) is 19.6 Å². The van der Waals surface area contributed by atoms with E-state index in [-0.39, 0.29) is 35.7 Å². The Bertz CT molecular complexity index is 1020. The van der Waals surface area contributed by atoms with Crippen molar-refractivity contribution in [1.82, 2.24) is 15.0 Å². The van der Waals surface area contributed by atoms with Crippen LogP contribution in [0.5, 0.6) is 0 Å². The maximum absolute atomic E-state index is 13.8. The number of aliphatic hydroxyl groups is 1. The number of carbonyl (C=O) groups is 2. The molecule has 0 bridgehead atoms. The number of esters is 1. The van der Waals surface area contributed by atoms with Gasteiger partial charge in [-0.1, -0.05) is 35.5 Å². The van der Waals surface area contributed by atoms with E-state index in [1.165, 1.54) is 35.1 Å². The first-order valence-corrected chi connectivity index (χ1v) is 8.89. The van der Waals surface area contributed by atoms with Gasteiger partial charge in [0.2, 0.25) is 0 Å². The van der Waals surface area contributed by atoms with Gasteiger partial charge in [0.05, 0.1) is 30.6 Å². The minimum Gasteiger partial charge on any atom is -0.462 e. The highest BCUT2D eigenvalue weighted by Crippen LogP contribution is 2.19. The molecule has 8 nitrogen and oxygen atoms in total. The Morgan fingerprint density at radius 3 is 2.69 bits per heavy atom. The number of para-hydroxylation sites is 1. The van der Waals surface area contributed by atoms with Crippen molar-refractivity contribution in [1.29, 1.82) is 0 Å². The highest BCUT2D eigenvalue weighted by molar-refractivity contribution is 6.06. The Morgan fingerprint density at radius 1 is 1.21 bits per heavy atom. The summed E-state index contributed by atoms with van der Waals surface area (Å²) in [6, 6.07) is 12.3. The van der Waals surface area contributed by atoms with Crippen LogP contribution in [0.2, 0.25) is 0 Å². The van der Waals surface area contributed by atoms with Crippen molar-refractivity contribution in [3.63, 3.8) is 0 Å². The van der Waals surface area contributed by atoms with E-state index in [9.17, 15) is 19.1 Å². The molecule has 3 aromatic rings. The lowest BCUT2D eigenvalue weighted by Gasteiger charge is -2.11. The fraction of sp³-hybridized carbons (Fsp3) is 0.200. The van der Waals surface area contributed by atoms with E-state index in [4.69, 9.17) is 4.74 Å². The number of anilines is 1. The maximum atomic E-state index is 13.8. The summed E-state index contributed by atoms with van der Waals surface area (Å²) in [5.41, 5.74) is 0.587. The monoisotopic (exact) mass is 398 g/mol. The molecule has 0 aliphatic carbocycles. The lowest BCUT2D eigenvalue weighted by atomic mass is 10.1. The van der Waals surface area contributed by atoms with E-state index in [1.54, 1.807) is 31.2 Å². The molecule has 0 radical (unpaired) electrons. The fourth-order valence-electron chi connectivity index (χ4n) is 2.68. The zero-order valence-electron chi connectivity index (χ0n) is 15.6. The second-order valence-corrected chi connectivity index (χ2v) is 6.08. The van der Waals surface area contributed by atoms with Crippen molar-refractivity contribution >= 4 is 17.6 Å². The smallest absolute Gasteiger partial charge is 0.340 e. The zero-order chi connectivity index (χ0) is 20.8. The Labute approximate surface area is 165 Å². The number of ether oxygens (including phenoxy) is 1. The summed E-state index contributed by atoms with van der Waals surface area (Å²) < 4.78 is 20.0. The average Bonchev–Trinajstić information content (AvgIpc) is 3.17. The average molecular weight is 398 g/mol. The number of rotatable bonds is 7. The summed E-state index contributed by atoms with van der Waals surface area (Å²) in [4.78, 5) is 24.5. The molecule has 2 aromatic carbocycles. The number of aromatic nitrogens is 3. The van der Waals surface area contributed by atoms with Gasteiger partial charge in [0, 0.05) is 5.56 Å². The molecule has 0 aliphatic rings. The van der Waals surface area contributed by atoms with Gasteiger partial charge in [-0.05, 0) is 25.1 Å². The number of halogens is 1. The van der Waals surface area contributed by atoms with Crippen molar-refractivity contribution in [3.8, 4) is 0 Å². The van der Waals surface area contributed by atoms with E-state index in [0.29, 0.717) is 0 Å². The Kier molecular flexibility index (Phi) is 6.30. The lowest BCUT2D eigenvalue weighted by Crippen LogP contribution is -2.16. The van der Waals surface area contributed by atoms with E-state index in [0.717, 1.165) is 0 Å². The molecule has 150 valence electrons. The van der Waals surface area contributed by atoms with Gasteiger partial charge >= 0.3 is 5.97 Å². The predicted molar refractivity (Wildman–Crippen MR) is 102 cm³/mol. The molecule has 29 heavy (non-hydrogen) atoms. The standard InChI is InChI=1S/C20H19FN4O4/c1-2-29-20(28)14-8-4-6-10-16(14)22-19(27)17-11-25(24-23-17)12-18(26)13-7-3-5-9-15(13)21/h3-11,18,26H,2,12H2,1H3,(H,22,27)/t18-/m0/s1. The number of carbonyl (C=O) groups excluding carboxylic acids is 2. The third-order valence-corrected chi connectivity index (χ3v) is 4.07. The number of hydrogen-bond acceptors (Lipinski definition) is 6. The molecule has 3 rings (SSSR count). The van der Waals surface area contributed by atoms with Crippen molar-refractivity contribution in [2.24, 2.45) is 0 Å². The largest absolute Gasteiger partial charge is 0.462 e. The summed E-state index contributed by atoms with van der Waals surface area (Å²) in [5, 5.41) is 20.4. The second-order valence-electron chi connectivity index (χ2n) is 6.08. The molecule has 0 saturated carbocycles. The van der Waals surface area contributed by atoms with Crippen LogP contribution in [0.25, 0.3) is 0 Å². The third-order valence-electron chi connectivity index (χ3n) is 4.07. The first-order chi connectivity index (χ1) is 14.0. The number of nitrogens with one attached hydrogen (secondary N) is 1. The molecule has 0 saturated heterocycles. The van der Waals surface area contributed by atoms with Gasteiger partial charge in [-0.15, -0.1) is 5.10 Å². The molecular weight excluding hydrogens is 379 g/mol. The molecule has 0 aliphatic heterocycles. The van der Waals surface area contributed by atoms with Crippen LogP contribution in [0.1, 0.15) is 39.4 Å². The van der Waals surface area contributed by atoms with Gasteiger partial charge in [-0.2, -0.15) is 0 Å². The molecule has 2 N–H and O–H groups in total. The lowest BCUT2D eigenvalue weighted by molar-refractivity contribution is 0.0527. The molecular formula is C20H19FN4O4. The van der Waals surface area contributed by atoms with Crippen LogP contribution in [-0.2, 0) is 11.3 Å². The summed E-state index contributed by atoms with van der Waals surface area (Å²) in [7, 11) is 0. The van der Waals surface area contributed by atoms with Crippen LogP contribution in [-0.4, -0.2) is 38.6 Å². The van der Waals surface area contributed by atoms with Gasteiger partial charge < -0.3 is 15.2 Å². The summed E-state index contributed by atoms with van der Waals surface area (Å²) >= 11 is 0. The number of nitrogens with zero attached hydrogens (tertiary/aromatic N) is 3. The molecule has 1 aromatic heterocycles. The van der Waals surface area contributed by atoms with E-state index < -0.39 is 23.8 Å². The molecule has 9 heteroatoms. The molecule has 0 spiro atoms. The SMILES string of the molecule is CCOC(=O)c1ccccc1NC(=O)c1cn(C[C@H](O)c2ccccc2F)nn1. The highest BCUT2D eigenvalue weighted by atomic mass is 19.1. The van der Waals surface area contributed by atoms with Gasteiger partial charge in [0.15, 0.2) is 5.69 Å². The highest BCUT2D eigenvalue weighted by Gasteiger charge is 2.18. The number of aliphatic hydroxyl groups excluding tert-OH is 1. The summed E-state index contributed by atoms with van der Waals surface area (Å²) in [6.45, 7) is 1.81. The van der Waals surface area contributed by atoms with Gasteiger partial charge in [0.25, 0.3) is 5.91 Å². The van der Waals surface area contributed by atoms with Gasteiger partial charge in [-0.3, -0.25) is 4.79 Å². The van der Waals surface area contributed by atoms with Gasteiger partial charge in [0.1, 0.15) is 11.9 Å². The van der Waals surface area contributed by atoms with Gasteiger partial charge in [-0.25, -0.2) is 13.9 Å². The normalized spacial score (nSPS) is 11.7. The van der Waals surface area contributed by atoms with Crippen molar-refractivity contribution in [3.05, 3.63) is 77.4 Å². The van der Waals surface area contributed by atoms with Crippen molar-refractivity contribution < 1.29 is 23.8 Å². The van der Waals surface area contributed by atoms with Crippen LogP contribution >= 0.6 is 0 Å². The third kappa shape index (κ3) is 4.82. The van der Waals surface area contributed by atoms with Crippen molar-refractivity contribution in [2.75, 3.05) is 11.9 Å². The molecule has 1 heterocycles. The molecule has 1 atom stereocenters. The minimum absolute atomic E-state index is 0.0237. The van der Waals surface area contributed by atoms with Crippen LogP contribution in [0.4, 0.5) is 10.1 Å². The zero-order valence-corrected chi connectivity index (χ0v) is 15.6. The number of amides is 1. The van der Waals surface area contributed by atoms with Crippen LogP contribution in [0.3, 0.4) is 0 Å². The molecule has 0 unspecified atom stereocenters. The maximum Gasteiger partial charge on any atom is 0.340 e. The predicted octanol–water partition coefficient (Wildman–Crippen LogP) is 2.58. The molecule has 0 fully saturated rings. The minimum atomic E-state index is -1.15. The Morgan fingerprint density at radius 2 is 1.93 bits per heavy atom. The Balaban J connectivity index is 1.70. The summed E-state index contributed by atoms with van der Waals surface area (Å²) in [5.74, 6) is -1.68. The van der Waals surface area contributed by atoms with E-state index >= 15 is 0 Å².